The molecule has 1 aromatic heterocycles. The molecule has 1 aromatic rings. The van der Waals surface area contributed by atoms with Crippen molar-refractivity contribution < 1.29 is 14.7 Å². The van der Waals surface area contributed by atoms with Crippen LogP contribution in [0.25, 0.3) is 0 Å². The molecule has 0 saturated carbocycles. The lowest BCUT2D eigenvalue weighted by molar-refractivity contribution is 0.0696. The van der Waals surface area contributed by atoms with Crippen LogP contribution in [0.5, 0.6) is 0 Å². The predicted molar refractivity (Wildman–Crippen MR) is 66.7 cm³/mol. The number of nitrogens with zero attached hydrogens (tertiary/aromatic N) is 1. The zero-order valence-electron chi connectivity index (χ0n) is 10.1. The van der Waals surface area contributed by atoms with E-state index in [4.69, 9.17) is 10.8 Å². The number of pyridine rings is 1. The quantitative estimate of drug-likeness (QED) is 0.547. The summed E-state index contributed by atoms with van der Waals surface area (Å²) in [6.07, 6.45) is 0.648. The first-order valence-electron chi connectivity index (χ1n) is 5.54. The maximum Gasteiger partial charge on any atom is 0.335 e. The van der Waals surface area contributed by atoms with Crippen molar-refractivity contribution in [3.63, 3.8) is 0 Å². The van der Waals surface area contributed by atoms with Crippen molar-refractivity contribution in [2.75, 3.05) is 18.4 Å². The number of amides is 2. The number of rotatable bonds is 6. The number of hydrogen-bond acceptors (Lipinski definition) is 4. The number of aromatic nitrogens is 1. The number of carboxylic acid groups (broad SMARTS) is 1. The van der Waals surface area contributed by atoms with Crippen molar-refractivity contribution in [3.05, 3.63) is 23.4 Å². The molecule has 7 nitrogen and oxygen atoms in total. The summed E-state index contributed by atoms with van der Waals surface area (Å²) in [5.41, 5.74) is 5.79. The minimum Gasteiger partial charge on any atom is -0.478 e. The summed E-state index contributed by atoms with van der Waals surface area (Å²) in [7, 11) is 0. The second kappa shape index (κ2) is 6.43. The molecule has 98 valence electrons. The van der Waals surface area contributed by atoms with Crippen LogP contribution in [0.3, 0.4) is 0 Å². The van der Waals surface area contributed by atoms with Gasteiger partial charge in [0.1, 0.15) is 5.82 Å². The summed E-state index contributed by atoms with van der Waals surface area (Å²) in [5, 5.41) is 14.3. The SMILES string of the molecule is CCc1cc(C(=O)O)cc(NCCNC(N)=O)n1. The lowest BCUT2D eigenvalue weighted by atomic mass is 10.2. The van der Waals surface area contributed by atoms with Crippen molar-refractivity contribution >= 4 is 17.8 Å². The number of nitrogens with one attached hydrogen (secondary N) is 2. The molecular weight excluding hydrogens is 236 g/mol. The minimum absolute atomic E-state index is 0.187. The zero-order valence-corrected chi connectivity index (χ0v) is 10.1. The summed E-state index contributed by atoms with van der Waals surface area (Å²) < 4.78 is 0. The average molecular weight is 252 g/mol. The Balaban J connectivity index is 2.66. The lowest BCUT2D eigenvalue weighted by Crippen LogP contribution is -2.33. The zero-order chi connectivity index (χ0) is 13.5. The van der Waals surface area contributed by atoms with Crippen molar-refractivity contribution in [3.8, 4) is 0 Å². The number of carbonyl (C=O) groups is 2. The van der Waals surface area contributed by atoms with E-state index in [9.17, 15) is 9.59 Å². The van der Waals surface area contributed by atoms with Crippen LogP contribution in [-0.4, -0.2) is 35.2 Å². The first-order valence-corrected chi connectivity index (χ1v) is 5.54. The van der Waals surface area contributed by atoms with E-state index in [-0.39, 0.29) is 5.56 Å². The Hall–Kier alpha value is -2.31. The number of aryl methyl sites for hydroxylation is 1. The molecule has 0 fully saturated rings. The maximum atomic E-state index is 10.9. The van der Waals surface area contributed by atoms with Gasteiger partial charge >= 0.3 is 12.0 Å². The number of nitrogens with two attached hydrogens (primary N) is 1. The highest BCUT2D eigenvalue weighted by molar-refractivity contribution is 5.88. The first kappa shape index (κ1) is 13.8. The number of primary amides is 1. The molecule has 0 bridgehead atoms. The molecule has 1 rings (SSSR count). The molecule has 0 atom stereocenters. The Bertz CT molecular complexity index is 448. The van der Waals surface area contributed by atoms with Gasteiger partial charge in [0.15, 0.2) is 0 Å². The smallest absolute Gasteiger partial charge is 0.335 e. The molecule has 0 aromatic carbocycles. The minimum atomic E-state index is -0.995. The Labute approximate surface area is 104 Å². The van der Waals surface area contributed by atoms with E-state index in [0.29, 0.717) is 31.0 Å². The molecule has 0 saturated heterocycles. The van der Waals surface area contributed by atoms with Gasteiger partial charge in [-0.15, -0.1) is 0 Å². The molecular formula is C11H16N4O3. The van der Waals surface area contributed by atoms with Gasteiger partial charge in [0.2, 0.25) is 0 Å². The van der Waals surface area contributed by atoms with E-state index in [1.807, 2.05) is 6.92 Å². The van der Waals surface area contributed by atoms with Crippen LogP contribution in [-0.2, 0) is 6.42 Å². The highest BCUT2D eigenvalue weighted by Crippen LogP contribution is 2.11. The van der Waals surface area contributed by atoms with Crippen LogP contribution >= 0.6 is 0 Å². The summed E-state index contributed by atoms with van der Waals surface area (Å²) in [4.78, 5) is 25.6. The average Bonchev–Trinajstić information content (AvgIpc) is 2.34. The fraction of sp³-hybridized carbons (Fsp3) is 0.364. The lowest BCUT2D eigenvalue weighted by Gasteiger charge is -2.08. The van der Waals surface area contributed by atoms with Crippen molar-refractivity contribution in [1.29, 1.82) is 0 Å². The van der Waals surface area contributed by atoms with Gasteiger partial charge in [-0.3, -0.25) is 0 Å². The molecule has 0 aliphatic heterocycles. The standard InChI is InChI=1S/C11H16N4O3/c1-2-8-5-7(10(16)17)6-9(15-8)13-3-4-14-11(12)18/h5-6H,2-4H2,1H3,(H,13,15)(H,16,17)(H3,12,14,18). The van der Waals surface area contributed by atoms with E-state index >= 15 is 0 Å². The molecule has 0 aliphatic carbocycles. The Kier molecular flexibility index (Phi) is 4.91. The Morgan fingerprint density at radius 2 is 2.11 bits per heavy atom. The van der Waals surface area contributed by atoms with Crippen LogP contribution in [0.4, 0.5) is 10.6 Å². The molecule has 0 spiro atoms. The van der Waals surface area contributed by atoms with Gasteiger partial charge in [0, 0.05) is 18.8 Å². The van der Waals surface area contributed by atoms with Crippen molar-refractivity contribution in [2.45, 2.75) is 13.3 Å². The van der Waals surface area contributed by atoms with Crippen LogP contribution in [0.2, 0.25) is 0 Å². The Morgan fingerprint density at radius 3 is 2.67 bits per heavy atom. The molecule has 1 heterocycles. The van der Waals surface area contributed by atoms with Gasteiger partial charge in [0.05, 0.1) is 5.56 Å². The number of carbonyl (C=O) groups excluding carboxylic acids is 1. The number of hydrogen-bond donors (Lipinski definition) is 4. The molecule has 0 unspecified atom stereocenters. The normalized spacial score (nSPS) is 9.83. The number of aromatic carboxylic acids is 1. The van der Waals surface area contributed by atoms with Crippen LogP contribution in [0.15, 0.2) is 12.1 Å². The second-order valence-corrected chi connectivity index (χ2v) is 3.61. The van der Waals surface area contributed by atoms with Gasteiger partial charge in [0.25, 0.3) is 0 Å². The van der Waals surface area contributed by atoms with Gasteiger partial charge in [-0.1, -0.05) is 6.92 Å². The molecule has 7 heteroatoms. The summed E-state index contributed by atoms with van der Waals surface area (Å²) in [6, 6.07) is 2.39. The fourth-order valence-corrected chi connectivity index (χ4v) is 1.36. The third-order valence-electron chi connectivity index (χ3n) is 2.22. The third kappa shape index (κ3) is 4.28. The third-order valence-corrected chi connectivity index (χ3v) is 2.22. The summed E-state index contributed by atoms with van der Waals surface area (Å²) >= 11 is 0. The summed E-state index contributed by atoms with van der Waals surface area (Å²) in [5.74, 6) is -0.525. The van der Waals surface area contributed by atoms with Gasteiger partial charge in [-0.2, -0.15) is 0 Å². The maximum absolute atomic E-state index is 10.9. The molecule has 5 N–H and O–H groups in total. The van der Waals surface area contributed by atoms with E-state index in [1.54, 1.807) is 0 Å². The Morgan fingerprint density at radius 1 is 1.39 bits per heavy atom. The van der Waals surface area contributed by atoms with E-state index < -0.39 is 12.0 Å². The van der Waals surface area contributed by atoms with Crippen molar-refractivity contribution in [1.82, 2.24) is 10.3 Å². The topological polar surface area (TPSA) is 117 Å². The predicted octanol–water partition coefficient (Wildman–Crippen LogP) is 0.422. The highest BCUT2D eigenvalue weighted by atomic mass is 16.4. The second-order valence-electron chi connectivity index (χ2n) is 3.61. The summed E-state index contributed by atoms with van der Waals surface area (Å²) in [6.45, 7) is 2.66. The fourth-order valence-electron chi connectivity index (χ4n) is 1.36. The monoisotopic (exact) mass is 252 g/mol. The highest BCUT2D eigenvalue weighted by Gasteiger charge is 2.07. The molecule has 0 radical (unpaired) electrons. The number of urea groups is 1. The van der Waals surface area contributed by atoms with Crippen LogP contribution in [0.1, 0.15) is 23.0 Å². The van der Waals surface area contributed by atoms with Gasteiger partial charge in [-0.05, 0) is 18.6 Å². The first-order chi connectivity index (χ1) is 8.52. The van der Waals surface area contributed by atoms with E-state index in [1.165, 1.54) is 12.1 Å². The number of carboxylic acids is 1. The number of anilines is 1. The van der Waals surface area contributed by atoms with Gasteiger partial charge < -0.3 is 21.5 Å². The van der Waals surface area contributed by atoms with Crippen molar-refractivity contribution in [2.24, 2.45) is 5.73 Å². The molecule has 18 heavy (non-hydrogen) atoms. The van der Waals surface area contributed by atoms with E-state index in [2.05, 4.69) is 15.6 Å². The van der Waals surface area contributed by atoms with Gasteiger partial charge in [-0.25, -0.2) is 14.6 Å². The van der Waals surface area contributed by atoms with E-state index in [0.717, 1.165) is 0 Å². The largest absolute Gasteiger partial charge is 0.478 e. The van der Waals surface area contributed by atoms with Crippen LogP contribution in [0, 0.1) is 0 Å². The van der Waals surface area contributed by atoms with Crippen LogP contribution < -0.4 is 16.4 Å². The molecule has 0 aliphatic rings. The molecule has 2 amide bonds.